The van der Waals surface area contributed by atoms with Crippen LogP contribution >= 0.6 is 0 Å². The van der Waals surface area contributed by atoms with Crippen LogP contribution in [0.15, 0.2) is 0 Å². The van der Waals surface area contributed by atoms with E-state index in [0.717, 1.165) is 19.3 Å². The molecule has 2 fully saturated rings. The lowest BCUT2D eigenvalue weighted by Crippen LogP contribution is -2.60. The zero-order valence-corrected chi connectivity index (χ0v) is 12.6. The van der Waals surface area contributed by atoms with Gasteiger partial charge in [-0.25, -0.2) is 0 Å². The maximum absolute atomic E-state index is 13.1. The number of hydrogen-bond donors (Lipinski definition) is 2. The lowest BCUT2D eigenvalue weighted by atomic mass is 9.80. The van der Waals surface area contributed by atoms with Crippen molar-refractivity contribution in [3.63, 3.8) is 0 Å². The Morgan fingerprint density at radius 2 is 1.77 bits per heavy atom. The van der Waals surface area contributed by atoms with Crippen LogP contribution in [-0.2, 0) is 9.59 Å². The van der Waals surface area contributed by atoms with Crippen LogP contribution in [0.2, 0.25) is 0 Å². The molecule has 0 aromatic heterocycles. The highest BCUT2D eigenvalue weighted by Gasteiger charge is 2.53. The number of rotatable bonds is 3. The first-order valence-electron chi connectivity index (χ1n) is 7.53. The average molecular weight is 321 g/mol. The van der Waals surface area contributed by atoms with Crippen molar-refractivity contribution in [2.75, 3.05) is 20.1 Å². The van der Waals surface area contributed by atoms with Crippen LogP contribution in [0.3, 0.4) is 0 Å². The number of hydrogen-bond acceptors (Lipinski definition) is 3. The Hall–Kier alpha value is -1.31. The number of halogens is 3. The number of nitrogens with one attached hydrogen (secondary N) is 1. The zero-order chi connectivity index (χ0) is 16.5. The van der Waals surface area contributed by atoms with Gasteiger partial charge in [0.05, 0.1) is 11.8 Å². The van der Waals surface area contributed by atoms with Crippen molar-refractivity contribution < 1.29 is 22.8 Å². The highest BCUT2D eigenvalue weighted by atomic mass is 19.4. The molecule has 2 atom stereocenters. The summed E-state index contributed by atoms with van der Waals surface area (Å²) >= 11 is 0. The fraction of sp³-hybridized carbons (Fsp3) is 0.857. The Labute approximate surface area is 127 Å². The fourth-order valence-corrected chi connectivity index (χ4v) is 3.51. The number of amides is 2. The molecule has 0 aromatic carbocycles. The smallest absolute Gasteiger partial charge is 0.368 e. The van der Waals surface area contributed by atoms with Crippen LogP contribution in [0.1, 0.15) is 32.1 Å². The number of nitrogens with zero attached hydrogens (tertiary/aromatic N) is 1. The van der Waals surface area contributed by atoms with Gasteiger partial charge in [-0.3, -0.25) is 9.59 Å². The topological polar surface area (TPSA) is 75.4 Å². The summed E-state index contributed by atoms with van der Waals surface area (Å²) in [4.78, 5) is 25.6. The zero-order valence-electron chi connectivity index (χ0n) is 12.6. The van der Waals surface area contributed by atoms with E-state index in [9.17, 15) is 22.8 Å². The number of likely N-dealkylation sites (tertiary alicyclic amines) is 1. The van der Waals surface area contributed by atoms with Crippen molar-refractivity contribution in [3.8, 4) is 0 Å². The minimum Gasteiger partial charge on any atom is -0.368 e. The molecule has 0 spiro atoms. The highest BCUT2D eigenvalue weighted by Crippen LogP contribution is 2.38. The Kier molecular flexibility index (Phi) is 4.70. The molecule has 2 aliphatic rings. The van der Waals surface area contributed by atoms with Gasteiger partial charge >= 0.3 is 6.18 Å². The summed E-state index contributed by atoms with van der Waals surface area (Å²) in [5.41, 5.74) is 4.22. The number of carbonyl (C=O) groups excluding carboxylic acids is 2. The van der Waals surface area contributed by atoms with Gasteiger partial charge in [0.2, 0.25) is 11.8 Å². The first kappa shape index (κ1) is 17.1. The summed E-state index contributed by atoms with van der Waals surface area (Å²) in [6, 6.07) is 0. The molecule has 3 N–H and O–H groups in total. The van der Waals surface area contributed by atoms with Gasteiger partial charge in [0.15, 0.2) is 0 Å². The van der Waals surface area contributed by atoms with E-state index in [1.165, 1.54) is 4.90 Å². The molecule has 1 saturated heterocycles. The first-order chi connectivity index (χ1) is 10.2. The van der Waals surface area contributed by atoms with Crippen LogP contribution in [-0.4, -0.2) is 48.6 Å². The third-order valence-corrected chi connectivity index (χ3v) is 4.80. The number of primary amides is 1. The SMILES string of the molecule is CN1C[C@@H](C(F)(F)F)[C@H](C(=O)NC2(C(N)=O)CCCCC2)C1. The van der Waals surface area contributed by atoms with Crippen LogP contribution in [0, 0.1) is 11.8 Å². The van der Waals surface area contributed by atoms with E-state index < -0.39 is 35.4 Å². The van der Waals surface area contributed by atoms with E-state index in [-0.39, 0.29) is 13.1 Å². The number of carbonyl (C=O) groups is 2. The summed E-state index contributed by atoms with van der Waals surface area (Å²) in [5.74, 6) is -4.27. The third-order valence-electron chi connectivity index (χ3n) is 4.80. The average Bonchev–Trinajstić information content (AvgIpc) is 2.82. The molecule has 1 heterocycles. The number of alkyl halides is 3. The predicted octanol–water partition coefficient (Wildman–Crippen LogP) is 1.03. The van der Waals surface area contributed by atoms with Gasteiger partial charge in [-0.2, -0.15) is 13.2 Å². The highest BCUT2D eigenvalue weighted by molar-refractivity contribution is 5.91. The second-order valence-electron chi connectivity index (χ2n) is 6.47. The molecule has 1 saturated carbocycles. The monoisotopic (exact) mass is 321 g/mol. The Balaban J connectivity index is 2.14. The maximum atomic E-state index is 13.1. The van der Waals surface area contributed by atoms with Gasteiger partial charge in [-0.1, -0.05) is 19.3 Å². The predicted molar refractivity (Wildman–Crippen MR) is 73.7 cm³/mol. The van der Waals surface area contributed by atoms with Gasteiger partial charge in [0, 0.05) is 13.1 Å². The second kappa shape index (κ2) is 6.06. The molecule has 0 bridgehead atoms. The van der Waals surface area contributed by atoms with Crippen molar-refractivity contribution in [1.29, 1.82) is 0 Å². The van der Waals surface area contributed by atoms with E-state index in [1.54, 1.807) is 7.05 Å². The summed E-state index contributed by atoms with van der Waals surface area (Å²) in [6.07, 6.45) is -1.24. The van der Waals surface area contributed by atoms with Gasteiger partial charge in [0.25, 0.3) is 0 Å². The van der Waals surface area contributed by atoms with Gasteiger partial charge in [0.1, 0.15) is 5.54 Å². The first-order valence-corrected chi connectivity index (χ1v) is 7.53. The third kappa shape index (κ3) is 3.37. The summed E-state index contributed by atoms with van der Waals surface area (Å²) in [7, 11) is 1.55. The van der Waals surface area contributed by atoms with E-state index >= 15 is 0 Å². The quantitative estimate of drug-likeness (QED) is 0.815. The lowest BCUT2D eigenvalue weighted by Gasteiger charge is -2.36. The molecular formula is C14H22F3N3O2. The van der Waals surface area contributed by atoms with Gasteiger partial charge < -0.3 is 16.0 Å². The Bertz CT molecular complexity index is 447. The molecule has 2 amide bonds. The van der Waals surface area contributed by atoms with Crippen molar-refractivity contribution in [3.05, 3.63) is 0 Å². The summed E-state index contributed by atoms with van der Waals surface area (Å²) in [5, 5.41) is 2.56. The summed E-state index contributed by atoms with van der Waals surface area (Å²) < 4.78 is 39.2. The fourth-order valence-electron chi connectivity index (χ4n) is 3.51. The Morgan fingerprint density at radius 1 is 1.18 bits per heavy atom. The van der Waals surface area contributed by atoms with E-state index in [4.69, 9.17) is 5.73 Å². The maximum Gasteiger partial charge on any atom is 0.393 e. The van der Waals surface area contributed by atoms with Crippen LogP contribution in [0.4, 0.5) is 13.2 Å². The molecule has 0 unspecified atom stereocenters. The van der Waals surface area contributed by atoms with Crippen molar-refractivity contribution in [1.82, 2.24) is 10.2 Å². The lowest BCUT2D eigenvalue weighted by molar-refractivity contribution is -0.183. The largest absolute Gasteiger partial charge is 0.393 e. The molecule has 5 nitrogen and oxygen atoms in total. The number of nitrogens with two attached hydrogens (primary N) is 1. The molecular weight excluding hydrogens is 299 g/mol. The molecule has 8 heteroatoms. The molecule has 22 heavy (non-hydrogen) atoms. The van der Waals surface area contributed by atoms with E-state index in [0.29, 0.717) is 12.8 Å². The van der Waals surface area contributed by atoms with Crippen LogP contribution in [0.25, 0.3) is 0 Å². The molecule has 126 valence electrons. The minimum atomic E-state index is -4.43. The van der Waals surface area contributed by atoms with E-state index in [2.05, 4.69) is 5.32 Å². The Morgan fingerprint density at radius 3 is 2.27 bits per heavy atom. The standard InChI is InChI=1S/C14H22F3N3O2/c1-20-7-9(10(8-20)14(15,16)17)11(21)19-13(12(18)22)5-3-2-4-6-13/h9-10H,2-8H2,1H3,(H2,18,22)(H,19,21)/t9-,10-/m1/s1. The van der Waals surface area contributed by atoms with Crippen molar-refractivity contribution in [2.45, 2.75) is 43.8 Å². The molecule has 0 aromatic rings. The van der Waals surface area contributed by atoms with Gasteiger partial charge in [-0.05, 0) is 19.9 Å². The van der Waals surface area contributed by atoms with Gasteiger partial charge in [-0.15, -0.1) is 0 Å². The van der Waals surface area contributed by atoms with Crippen LogP contribution < -0.4 is 11.1 Å². The molecule has 1 aliphatic carbocycles. The molecule has 1 aliphatic heterocycles. The normalized spacial score (nSPS) is 29.3. The summed E-state index contributed by atoms with van der Waals surface area (Å²) in [6.45, 7) is -0.171. The molecule has 2 rings (SSSR count). The van der Waals surface area contributed by atoms with Crippen LogP contribution in [0.5, 0.6) is 0 Å². The van der Waals surface area contributed by atoms with Crippen molar-refractivity contribution >= 4 is 11.8 Å². The second-order valence-corrected chi connectivity index (χ2v) is 6.47. The van der Waals surface area contributed by atoms with Crippen molar-refractivity contribution in [2.24, 2.45) is 17.6 Å². The minimum absolute atomic E-state index is 0.0326. The van der Waals surface area contributed by atoms with E-state index in [1.807, 2.05) is 0 Å². The molecule has 0 radical (unpaired) electrons.